The second-order valence-electron chi connectivity index (χ2n) is 3.82. The van der Waals surface area contributed by atoms with Crippen LogP contribution in [-0.2, 0) is 29.9 Å². The number of esters is 1. The number of carbonyl (C=O) groups excluding carboxylic acids is 1. The quantitative estimate of drug-likeness (QED) is 0.430. The molecule has 0 spiro atoms. The number of hydrogen-bond acceptors (Lipinski definition) is 6. The molecule has 0 aliphatic rings. The van der Waals surface area contributed by atoms with Gasteiger partial charge in [-0.2, -0.15) is 0 Å². The zero-order chi connectivity index (χ0) is 15.2. The van der Waals surface area contributed by atoms with Crippen LogP contribution < -0.4 is 0 Å². The first-order chi connectivity index (χ1) is 9.40. The smallest absolute Gasteiger partial charge is 0.338 e. The zero-order valence-corrected chi connectivity index (χ0v) is 12.7. The predicted octanol–water partition coefficient (Wildman–Crippen LogP) is 1.56. The van der Waals surface area contributed by atoms with E-state index in [-0.39, 0.29) is 30.3 Å². The number of ether oxygens (including phenoxy) is 3. The van der Waals surface area contributed by atoms with E-state index < -0.39 is 15.0 Å². The van der Waals surface area contributed by atoms with Crippen LogP contribution in [0.25, 0.3) is 0 Å². The van der Waals surface area contributed by atoms with Crippen molar-refractivity contribution in [2.45, 2.75) is 11.5 Å². The summed E-state index contributed by atoms with van der Waals surface area (Å²) in [6, 6.07) is 4.09. The van der Waals surface area contributed by atoms with E-state index >= 15 is 0 Å². The van der Waals surface area contributed by atoms with E-state index in [1.165, 1.54) is 32.4 Å². The standard InChI is InChI=1S/C12H15ClO6S/c1-17-5-6-19-12(14)9-3-4-10(8-18-2)11(7-9)20(13,15)16/h3-4,7H,5-6,8H2,1-2H3. The van der Waals surface area contributed by atoms with Crippen LogP contribution in [0.4, 0.5) is 0 Å². The molecule has 1 aromatic rings. The van der Waals surface area contributed by atoms with Crippen molar-refractivity contribution in [3.8, 4) is 0 Å². The number of benzene rings is 1. The maximum absolute atomic E-state index is 11.7. The number of rotatable bonds is 7. The summed E-state index contributed by atoms with van der Waals surface area (Å²) in [6.07, 6.45) is 0. The van der Waals surface area contributed by atoms with Gasteiger partial charge in [0.25, 0.3) is 9.05 Å². The van der Waals surface area contributed by atoms with Gasteiger partial charge < -0.3 is 14.2 Å². The van der Waals surface area contributed by atoms with Gasteiger partial charge in [0.15, 0.2) is 0 Å². The molecule has 112 valence electrons. The van der Waals surface area contributed by atoms with Crippen molar-refractivity contribution in [3.05, 3.63) is 29.3 Å². The van der Waals surface area contributed by atoms with E-state index in [2.05, 4.69) is 0 Å². The van der Waals surface area contributed by atoms with Crippen LogP contribution in [0.15, 0.2) is 23.1 Å². The molecular weight excluding hydrogens is 308 g/mol. The fourth-order valence-corrected chi connectivity index (χ4v) is 2.62. The zero-order valence-electron chi connectivity index (χ0n) is 11.1. The van der Waals surface area contributed by atoms with Crippen LogP contribution in [-0.4, -0.2) is 41.8 Å². The minimum Gasteiger partial charge on any atom is -0.460 e. The highest BCUT2D eigenvalue weighted by Gasteiger charge is 2.19. The number of halogens is 1. The van der Waals surface area contributed by atoms with Gasteiger partial charge in [0.05, 0.1) is 23.7 Å². The summed E-state index contributed by atoms with van der Waals surface area (Å²) in [5, 5.41) is 0. The van der Waals surface area contributed by atoms with Gasteiger partial charge >= 0.3 is 5.97 Å². The Hall–Kier alpha value is -1.15. The molecule has 0 atom stereocenters. The average Bonchev–Trinajstić information content (AvgIpc) is 2.38. The largest absolute Gasteiger partial charge is 0.460 e. The van der Waals surface area contributed by atoms with Gasteiger partial charge in [-0.25, -0.2) is 13.2 Å². The van der Waals surface area contributed by atoms with E-state index in [0.29, 0.717) is 5.56 Å². The molecule has 0 aliphatic carbocycles. The highest BCUT2D eigenvalue weighted by Crippen LogP contribution is 2.22. The van der Waals surface area contributed by atoms with Crippen LogP contribution in [0.5, 0.6) is 0 Å². The molecule has 0 saturated carbocycles. The van der Waals surface area contributed by atoms with E-state index in [0.717, 1.165) is 0 Å². The normalized spacial score (nSPS) is 11.3. The van der Waals surface area contributed by atoms with E-state index in [4.69, 9.17) is 24.9 Å². The van der Waals surface area contributed by atoms with Crippen molar-refractivity contribution in [1.82, 2.24) is 0 Å². The molecule has 0 fully saturated rings. The fourth-order valence-electron chi connectivity index (χ4n) is 1.48. The number of hydrogen-bond donors (Lipinski definition) is 0. The van der Waals surface area contributed by atoms with Crippen LogP contribution in [0, 0.1) is 0 Å². The molecule has 0 saturated heterocycles. The lowest BCUT2D eigenvalue weighted by Crippen LogP contribution is -2.11. The molecule has 8 heteroatoms. The van der Waals surface area contributed by atoms with Crippen molar-refractivity contribution < 1.29 is 27.4 Å². The lowest BCUT2D eigenvalue weighted by atomic mass is 10.1. The molecule has 6 nitrogen and oxygen atoms in total. The molecule has 0 N–H and O–H groups in total. The summed E-state index contributed by atoms with van der Waals surface area (Å²) in [5.74, 6) is -0.646. The summed E-state index contributed by atoms with van der Waals surface area (Å²) >= 11 is 0. The molecule has 0 radical (unpaired) electrons. The molecule has 20 heavy (non-hydrogen) atoms. The maximum atomic E-state index is 11.7. The second kappa shape index (κ2) is 7.58. The van der Waals surface area contributed by atoms with Gasteiger partial charge in [0.1, 0.15) is 6.61 Å². The minimum atomic E-state index is -3.98. The maximum Gasteiger partial charge on any atom is 0.338 e. The first-order valence-corrected chi connectivity index (χ1v) is 7.93. The minimum absolute atomic E-state index is 0.0697. The Morgan fingerprint density at radius 2 is 1.90 bits per heavy atom. The highest BCUT2D eigenvalue weighted by molar-refractivity contribution is 8.13. The number of methoxy groups -OCH3 is 2. The van der Waals surface area contributed by atoms with E-state index in [9.17, 15) is 13.2 Å². The van der Waals surface area contributed by atoms with Crippen LogP contribution in [0.2, 0.25) is 0 Å². The van der Waals surface area contributed by atoms with Crippen molar-refractivity contribution in [3.63, 3.8) is 0 Å². The topological polar surface area (TPSA) is 78.9 Å². The monoisotopic (exact) mass is 322 g/mol. The Bertz CT molecular complexity index is 569. The van der Waals surface area contributed by atoms with E-state index in [1.54, 1.807) is 0 Å². The van der Waals surface area contributed by atoms with Crippen LogP contribution in [0.1, 0.15) is 15.9 Å². The molecule has 0 amide bonds. The second-order valence-corrected chi connectivity index (χ2v) is 6.36. The fraction of sp³-hybridized carbons (Fsp3) is 0.417. The molecule has 0 heterocycles. The predicted molar refractivity (Wildman–Crippen MR) is 72.4 cm³/mol. The molecular formula is C12H15ClO6S. The third-order valence-electron chi connectivity index (χ3n) is 2.39. The Morgan fingerprint density at radius 3 is 2.45 bits per heavy atom. The average molecular weight is 323 g/mol. The van der Waals surface area contributed by atoms with Crippen molar-refractivity contribution in [1.29, 1.82) is 0 Å². The molecule has 1 aromatic carbocycles. The van der Waals surface area contributed by atoms with Gasteiger partial charge in [-0.05, 0) is 17.7 Å². The third-order valence-corrected chi connectivity index (χ3v) is 3.79. The molecule has 0 unspecified atom stereocenters. The lowest BCUT2D eigenvalue weighted by Gasteiger charge is -2.09. The van der Waals surface area contributed by atoms with Gasteiger partial charge in [-0.15, -0.1) is 0 Å². The summed E-state index contributed by atoms with van der Waals surface area (Å²) in [7, 11) is 4.28. The first kappa shape index (κ1) is 16.9. The highest BCUT2D eigenvalue weighted by atomic mass is 35.7. The Morgan fingerprint density at radius 1 is 1.20 bits per heavy atom. The van der Waals surface area contributed by atoms with Gasteiger partial charge in [-0.1, -0.05) is 6.07 Å². The Labute approximate surface area is 122 Å². The first-order valence-electron chi connectivity index (χ1n) is 5.62. The summed E-state index contributed by atoms with van der Waals surface area (Å²) in [6.45, 7) is 0.409. The van der Waals surface area contributed by atoms with Crippen molar-refractivity contribution >= 4 is 25.7 Å². The SMILES string of the molecule is COCCOC(=O)c1ccc(COC)c(S(=O)(=O)Cl)c1. The van der Waals surface area contributed by atoms with Gasteiger partial charge in [0, 0.05) is 24.9 Å². The number of carbonyl (C=O) groups is 1. The summed E-state index contributed by atoms with van der Waals surface area (Å²) in [5.41, 5.74) is 0.469. The van der Waals surface area contributed by atoms with E-state index in [1.807, 2.05) is 0 Å². The summed E-state index contributed by atoms with van der Waals surface area (Å²) < 4.78 is 37.5. The molecule has 0 aliphatic heterocycles. The molecule has 0 aromatic heterocycles. The van der Waals surface area contributed by atoms with Gasteiger partial charge in [-0.3, -0.25) is 0 Å². The van der Waals surface area contributed by atoms with Crippen molar-refractivity contribution in [2.75, 3.05) is 27.4 Å². The Kier molecular flexibility index (Phi) is 6.41. The van der Waals surface area contributed by atoms with Crippen LogP contribution >= 0.6 is 10.7 Å². The van der Waals surface area contributed by atoms with Crippen LogP contribution in [0.3, 0.4) is 0 Å². The lowest BCUT2D eigenvalue weighted by molar-refractivity contribution is 0.0387. The summed E-state index contributed by atoms with van der Waals surface area (Å²) in [4.78, 5) is 11.6. The van der Waals surface area contributed by atoms with Crippen molar-refractivity contribution in [2.24, 2.45) is 0 Å². The Balaban J connectivity index is 3.03. The molecule has 0 bridgehead atoms. The molecule has 1 rings (SSSR count). The van der Waals surface area contributed by atoms with Gasteiger partial charge in [0.2, 0.25) is 0 Å². The third kappa shape index (κ3) is 4.75.